The average molecular weight is 481 g/mol. The first-order chi connectivity index (χ1) is 11.6. The van der Waals surface area contributed by atoms with E-state index in [0.29, 0.717) is 12.1 Å². The second kappa shape index (κ2) is 11.8. The molecule has 1 heterocycles. The van der Waals surface area contributed by atoms with Gasteiger partial charge in [-0.3, -0.25) is 4.99 Å². The summed E-state index contributed by atoms with van der Waals surface area (Å²) in [6.45, 7) is 7.72. The van der Waals surface area contributed by atoms with Gasteiger partial charge in [-0.05, 0) is 44.9 Å². The maximum atomic E-state index is 6.09. The molecule has 0 aliphatic carbocycles. The van der Waals surface area contributed by atoms with Gasteiger partial charge in [-0.1, -0.05) is 17.7 Å². The van der Waals surface area contributed by atoms with Crippen molar-refractivity contribution in [2.45, 2.75) is 38.8 Å². The van der Waals surface area contributed by atoms with Crippen LogP contribution in [-0.4, -0.2) is 51.4 Å². The first-order valence-electron chi connectivity index (χ1n) is 8.68. The molecule has 7 heteroatoms. The van der Waals surface area contributed by atoms with Gasteiger partial charge in [0, 0.05) is 50.0 Å². The van der Waals surface area contributed by atoms with Crippen molar-refractivity contribution in [3.8, 4) is 0 Å². The first kappa shape index (κ1) is 22.3. The zero-order valence-electron chi connectivity index (χ0n) is 15.3. The minimum Gasteiger partial charge on any atom is -0.379 e. The van der Waals surface area contributed by atoms with Crippen molar-refractivity contribution in [1.82, 2.24) is 10.6 Å². The van der Waals surface area contributed by atoms with E-state index in [2.05, 4.69) is 40.4 Å². The van der Waals surface area contributed by atoms with Crippen molar-refractivity contribution < 1.29 is 4.74 Å². The van der Waals surface area contributed by atoms with Crippen molar-refractivity contribution in [3.63, 3.8) is 0 Å². The van der Waals surface area contributed by atoms with Gasteiger partial charge in [0.15, 0.2) is 5.96 Å². The van der Waals surface area contributed by atoms with Crippen LogP contribution in [-0.2, 0) is 4.74 Å². The molecule has 25 heavy (non-hydrogen) atoms. The van der Waals surface area contributed by atoms with Gasteiger partial charge in [-0.25, -0.2) is 0 Å². The van der Waals surface area contributed by atoms with Crippen LogP contribution < -0.4 is 15.5 Å². The summed E-state index contributed by atoms with van der Waals surface area (Å²) >= 11 is 6.09. The molecule has 5 nitrogen and oxygen atoms in total. The van der Waals surface area contributed by atoms with E-state index in [1.807, 2.05) is 25.2 Å². The van der Waals surface area contributed by atoms with Crippen LogP contribution in [0.1, 0.15) is 26.7 Å². The smallest absolute Gasteiger partial charge is 0.191 e. The molecule has 142 valence electrons. The Morgan fingerprint density at radius 1 is 1.44 bits per heavy atom. The Balaban J connectivity index is 0.00000312. The van der Waals surface area contributed by atoms with E-state index in [1.54, 1.807) is 0 Å². The number of ether oxygens (including phenoxy) is 1. The molecule has 1 aromatic rings. The van der Waals surface area contributed by atoms with Crippen LogP contribution in [0, 0.1) is 0 Å². The van der Waals surface area contributed by atoms with E-state index in [9.17, 15) is 0 Å². The average Bonchev–Trinajstić information content (AvgIpc) is 3.01. The maximum Gasteiger partial charge on any atom is 0.191 e. The molecule has 1 aromatic carbocycles. The molecule has 0 amide bonds. The minimum atomic E-state index is 0. The summed E-state index contributed by atoms with van der Waals surface area (Å²) in [5.74, 6) is 0.859. The van der Waals surface area contributed by atoms with Crippen molar-refractivity contribution in [2.24, 2.45) is 4.99 Å². The highest BCUT2D eigenvalue weighted by Crippen LogP contribution is 2.23. The van der Waals surface area contributed by atoms with Crippen molar-refractivity contribution >= 4 is 47.2 Å². The molecule has 0 saturated carbocycles. The Labute approximate surface area is 173 Å². The monoisotopic (exact) mass is 480 g/mol. The number of halogens is 2. The predicted octanol–water partition coefficient (Wildman–Crippen LogP) is 3.52. The first-order valence-corrected chi connectivity index (χ1v) is 9.05. The molecule has 0 radical (unpaired) electrons. The van der Waals surface area contributed by atoms with Crippen molar-refractivity contribution in [1.29, 1.82) is 0 Å². The van der Waals surface area contributed by atoms with Crippen molar-refractivity contribution in [3.05, 3.63) is 29.3 Å². The second-order valence-corrected chi connectivity index (χ2v) is 6.76. The number of rotatable bonds is 7. The number of aliphatic imine (C=N–C) groups is 1. The van der Waals surface area contributed by atoms with E-state index >= 15 is 0 Å². The van der Waals surface area contributed by atoms with Gasteiger partial charge < -0.3 is 20.3 Å². The Morgan fingerprint density at radius 2 is 2.24 bits per heavy atom. The van der Waals surface area contributed by atoms with E-state index < -0.39 is 0 Å². The molecular weight excluding hydrogens is 451 g/mol. The fourth-order valence-electron chi connectivity index (χ4n) is 2.77. The Morgan fingerprint density at radius 3 is 2.92 bits per heavy atom. The van der Waals surface area contributed by atoms with Crippen LogP contribution in [0.15, 0.2) is 29.3 Å². The van der Waals surface area contributed by atoms with E-state index in [0.717, 1.165) is 50.1 Å². The number of hydrogen-bond acceptors (Lipinski definition) is 3. The number of benzene rings is 1. The normalized spacial score (nSPS) is 17.6. The molecule has 1 saturated heterocycles. The Kier molecular flexibility index (Phi) is 10.5. The molecule has 1 aliphatic heterocycles. The molecule has 0 bridgehead atoms. The number of hydrogen-bond donors (Lipinski definition) is 2. The third kappa shape index (κ3) is 8.00. The lowest BCUT2D eigenvalue weighted by atomic mass is 10.2. The number of nitrogens with one attached hydrogen (secondary N) is 2. The molecule has 2 rings (SSSR count). The maximum absolute atomic E-state index is 6.09. The summed E-state index contributed by atoms with van der Waals surface area (Å²) < 4.78 is 5.55. The van der Waals surface area contributed by atoms with Gasteiger partial charge in [0.05, 0.1) is 6.10 Å². The highest BCUT2D eigenvalue weighted by Gasteiger charge is 2.23. The SMILES string of the molecule is CN=C(NCCCOC(C)C)NC1CCN(c2cccc(Cl)c2)C1.I. The van der Waals surface area contributed by atoms with Gasteiger partial charge in [0.2, 0.25) is 0 Å². The van der Waals surface area contributed by atoms with Crippen molar-refractivity contribution in [2.75, 3.05) is 38.2 Å². The third-order valence-electron chi connectivity index (χ3n) is 3.99. The quantitative estimate of drug-likeness (QED) is 0.271. The van der Waals surface area contributed by atoms with Gasteiger partial charge in [-0.15, -0.1) is 24.0 Å². The van der Waals surface area contributed by atoms with Crippen LogP contribution in [0.5, 0.6) is 0 Å². The fraction of sp³-hybridized carbons (Fsp3) is 0.611. The molecular formula is C18H30ClIN4O. The highest BCUT2D eigenvalue weighted by atomic mass is 127. The van der Waals surface area contributed by atoms with Gasteiger partial charge in [0.1, 0.15) is 0 Å². The van der Waals surface area contributed by atoms with E-state index in [1.165, 1.54) is 5.69 Å². The molecule has 2 N–H and O–H groups in total. The summed E-state index contributed by atoms with van der Waals surface area (Å²) in [7, 11) is 1.81. The fourth-order valence-corrected chi connectivity index (χ4v) is 2.96. The lowest BCUT2D eigenvalue weighted by Crippen LogP contribution is -2.45. The van der Waals surface area contributed by atoms with Crippen LogP contribution in [0.3, 0.4) is 0 Å². The molecule has 1 fully saturated rings. The summed E-state index contributed by atoms with van der Waals surface area (Å²) in [6, 6.07) is 8.42. The largest absolute Gasteiger partial charge is 0.379 e. The van der Waals surface area contributed by atoms with Crippen LogP contribution in [0.25, 0.3) is 0 Å². The number of anilines is 1. The Bertz CT molecular complexity index is 542. The zero-order chi connectivity index (χ0) is 17.4. The molecule has 0 spiro atoms. The predicted molar refractivity (Wildman–Crippen MR) is 118 cm³/mol. The molecule has 0 aromatic heterocycles. The highest BCUT2D eigenvalue weighted by molar-refractivity contribution is 14.0. The molecule has 1 aliphatic rings. The van der Waals surface area contributed by atoms with Crippen LogP contribution in [0.2, 0.25) is 5.02 Å². The number of guanidine groups is 1. The summed E-state index contributed by atoms with van der Waals surface area (Å²) in [5, 5.41) is 7.64. The lowest BCUT2D eigenvalue weighted by Gasteiger charge is -2.20. The Hall–Kier alpha value is -0.730. The van der Waals surface area contributed by atoms with Crippen LogP contribution >= 0.6 is 35.6 Å². The number of nitrogens with zero attached hydrogens (tertiary/aromatic N) is 2. The second-order valence-electron chi connectivity index (χ2n) is 6.33. The summed E-state index contributed by atoms with van der Waals surface area (Å²) in [6.07, 6.45) is 2.35. The zero-order valence-corrected chi connectivity index (χ0v) is 18.4. The summed E-state index contributed by atoms with van der Waals surface area (Å²) in [5.41, 5.74) is 1.18. The van der Waals surface area contributed by atoms with E-state index in [4.69, 9.17) is 16.3 Å². The lowest BCUT2D eigenvalue weighted by molar-refractivity contribution is 0.0776. The van der Waals surface area contributed by atoms with Gasteiger partial charge >= 0.3 is 0 Å². The third-order valence-corrected chi connectivity index (χ3v) is 4.23. The van der Waals surface area contributed by atoms with Crippen LogP contribution in [0.4, 0.5) is 5.69 Å². The molecule has 1 unspecified atom stereocenters. The standard InChI is InChI=1S/C18H29ClN4O.HI/c1-14(2)24-11-5-9-21-18(20-3)22-16-8-10-23(13-16)17-7-4-6-15(19)12-17;/h4,6-7,12,14,16H,5,8-11,13H2,1-3H3,(H2,20,21,22);1H. The van der Waals surface area contributed by atoms with Gasteiger partial charge in [-0.2, -0.15) is 0 Å². The van der Waals surface area contributed by atoms with Gasteiger partial charge in [0.25, 0.3) is 0 Å². The summed E-state index contributed by atoms with van der Waals surface area (Å²) in [4.78, 5) is 6.66. The topological polar surface area (TPSA) is 48.9 Å². The minimum absolute atomic E-state index is 0. The van der Waals surface area contributed by atoms with E-state index in [-0.39, 0.29) is 24.0 Å². The molecule has 1 atom stereocenters.